The summed E-state index contributed by atoms with van der Waals surface area (Å²) in [5, 5.41) is 0.505. The molecule has 104 valence electrons. The Hall–Kier alpha value is -1.84. The minimum Gasteiger partial charge on any atom is -0.496 e. The van der Waals surface area contributed by atoms with E-state index in [1.54, 1.807) is 24.3 Å². The molecule has 2 aromatic rings. The maximum Gasteiger partial charge on any atom is 0.197 e. The molecule has 0 aliphatic rings. The van der Waals surface area contributed by atoms with Gasteiger partial charge in [0.25, 0.3) is 0 Å². The fourth-order valence-electron chi connectivity index (χ4n) is 2.12. The highest BCUT2D eigenvalue weighted by atomic mass is 35.5. The zero-order valence-corrected chi connectivity index (χ0v) is 12.0. The van der Waals surface area contributed by atoms with Gasteiger partial charge in [0.2, 0.25) is 0 Å². The van der Waals surface area contributed by atoms with Crippen LogP contribution in [0.25, 0.3) is 0 Å². The van der Waals surface area contributed by atoms with Crippen LogP contribution in [0.4, 0.5) is 0 Å². The highest BCUT2D eigenvalue weighted by molar-refractivity contribution is 6.31. The lowest BCUT2D eigenvalue weighted by Crippen LogP contribution is -2.10. The van der Waals surface area contributed by atoms with Crippen molar-refractivity contribution in [3.63, 3.8) is 0 Å². The minimum atomic E-state index is -0.103. The van der Waals surface area contributed by atoms with Crippen molar-refractivity contribution in [2.45, 2.75) is 6.42 Å². The maximum absolute atomic E-state index is 12.7. The summed E-state index contributed by atoms with van der Waals surface area (Å²) in [6.45, 7) is 0.497. The summed E-state index contributed by atoms with van der Waals surface area (Å²) in [7, 11) is 1.53. The van der Waals surface area contributed by atoms with Gasteiger partial charge >= 0.3 is 0 Å². The van der Waals surface area contributed by atoms with Crippen LogP contribution in [-0.2, 0) is 6.42 Å². The molecule has 0 fully saturated rings. The molecular formula is C16H16ClNO2. The van der Waals surface area contributed by atoms with Crippen LogP contribution in [0.3, 0.4) is 0 Å². The molecule has 0 atom stereocenters. The number of benzene rings is 2. The summed E-state index contributed by atoms with van der Waals surface area (Å²) in [6.07, 6.45) is 0.658. The Morgan fingerprint density at radius 2 is 1.95 bits per heavy atom. The average Bonchev–Trinajstić information content (AvgIpc) is 2.47. The lowest BCUT2D eigenvalue weighted by atomic mass is 9.96. The van der Waals surface area contributed by atoms with E-state index in [-0.39, 0.29) is 5.78 Å². The van der Waals surface area contributed by atoms with E-state index in [2.05, 4.69) is 0 Å². The van der Waals surface area contributed by atoms with Crippen LogP contribution in [0.5, 0.6) is 5.75 Å². The van der Waals surface area contributed by atoms with E-state index in [9.17, 15) is 4.79 Å². The second kappa shape index (κ2) is 6.55. The lowest BCUT2D eigenvalue weighted by molar-refractivity contribution is 0.103. The molecule has 0 saturated carbocycles. The highest BCUT2D eigenvalue weighted by Gasteiger charge is 2.17. The van der Waals surface area contributed by atoms with Crippen LogP contribution in [0.1, 0.15) is 21.5 Å². The van der Waals surface area contributed by atoms with Crippen LogP contribution in [0, 0.1) is 0 Å². The van der Waals surface area contributed by atoms with Crippen LogP contribution in [-0.4, -0.2) is 19.4 Å². The predicted molar refractivity (Wildman–Crippen MR) is 80.6 cm³/mol. The van der Waals surface area contributed by atoms with Crippen molar-refractivity contribution in [3.8, 4) is 5.75 Å². The Balaban J connectivity index is 2.49. The average molecular weight is 290 g/mol. The van der Waals surface area contributed by atoms with E-state index < -0.39 is 0 Å². The summed E-state index contributed by atoms with van der Waals surface area (Å²) in [5.41, 5.74) is 7.62. The van der Waals surface area contributed by atoms with Crippen molar-refractivity contribution in [2.24, 2.45) is 5.73 Å². The second-order valence-electron chi connectivity index (χ2n) is 4.37. The van der Waals surface area contributed by atoms with Gasteiger partial charge in [0.1, 0.15) is 5.75 Å². The third-order valence-electron chi connectivity index (χ3n) is 3.08. The summed E-state index contributed by atoms with van der Waals surface area (Å²) < 4.78 is 5.24. The molecule has 2 N–H and O–H groups in total. The molecule has 0 amide bonds. The van der Waals surface area contributed by atoms with Gasteiger partial charge in [-0.1, -0.05) is 35.9 Å². The molecule has 0 aromatic heterocycles. The maximum atomic E-state index is 12.7. The first-order valence-corrected chi connectivity index (χ1v) is 6.71. The number of carbonyl (C=O) groups excluding carboxylic acids is 1. The molecule has 0 spiro atoms. The molecule has 3 nitrogen and oxygen atoms in total. The number of rotatable bonds is 5. The second-order valence-corrected chi connectivity index (χ2v) is 4.81. The van der Waals surface area contributed by atoms with Crippen molar-refractivity contribution in [1.82, 2.24) is 0 Å². The van der Waals surface area contributed by atoms with Crippen molar-refractivity contribution in [1.29, 1.82) is 0 Å². The van der Waals surface area contributed by atoms with Gasteiger partial charge in [0.05, 0.1) is 12.7 Å². The van der Waals surface area contributed by atoms with Gasteiger partial charge in [0, 0.05) is 10.6 Å². The summed E-state index contributed by atoms with van der Waals surface area (Å²) in [4.78, 5) is 12.7. The Kier molecular flexibility index (Phi) is 4.77. The number of hydrogen-bond donors (Lipinski definition) is 1. The van der Waals surface area contributed by atoms with E-state index in [1.165, 1.54) is 7.11 Å². The van der Waals surface area contributed by atoms with Crippen molar-refractivity contribution in [2.75, 3.05) is 13.7 Å². The van der Waals surface area contributed by atoms with Crippen LogP contribution in [0.2, 0.25) is 5.02 Å². The Morgan fingerprint density at radius 1 is 1.20 bits per heavy atom. The van der Waals surface area contributed by atoms with E-state index in [0.717, 1.165) is 5.56 Å². The Morgan fingerprint density at radius 3 is 2.65 bits per heavy atom. The van der Waals surface area contributed by atoms with Gasteiger partial charge in [-0.3, -0.25) is 4.79 Å². The number of nitrogens with two attached hydrogens (primary N) is 1. The smallest absolute Gasteiger partial charge is 0.197 e. The molecule has 0 radical (unpaired) electrons. The van der Waals surface area contributed by atoms with Gasteiger partial charge in [-0.25, -0.2) is 0 Å². The highest BCUT2D eigenvalue weighted by Crippen LogP contribution is 2.26. The fraction of sp³-hybridized carbons (Fsp3) is 0.188. The van der Waals surface area contributed by atoms with Gasteiger partial charge in [0.15, 0.2) is 5.78 Å². The standard InChI is InChI=1S/C16H16ClNO2/c1-20-15-7-6-12(17)10-14(15)16(19)13-5-3-2-4-11(13)8-9-18/h2-7,10H,8-9,18H2,1H3. The first kappa shape index (κ1) is 14.6. The number of ketones is 1. The number of methoxy groups -OCH3 is 1. The fourth-order valence-corrected chi connectivity index (χ4v) is 2.29. The first-order valence-electron chi connectivity index (χ1n) is 6.33. The van der Waals surface area contributed by atoms with E-state index >= 15 is 0 Å². The predicted octanol–water partition coefficient (Wildman–Crippen LogP) is 3.08. The number of halogens is 1. The molecule has 0 unspecified atom stereocenters. The van der Waals surface area contributed by atoms with E-state index in [0.29, 0.717) is 34.9 Å². The zero-order valence-electron chi connectivity index (χ0n) is 11.2. The third kappa shape index (κ3) is 3.00. The number of ether oxygens (including phenoxy) is 1. The molecule has 0 bridgehead atoms. The topological polar surface area (TPSA) is 52.3 Å². The summed E-state index contributed by atoms with van der Waals surface area (Å²) in [6, 6.07) is 12.5. The molecule has 0 aliphatic heterocycles. The largest absolute Gasteiger partial charge is 0.496 e. The molecular weight excluding hydrogens is 274 g/mol. The molecule has 2 rings (SSSR count). The van der Waals surface area contributed by atoms with Crippen molar-refractivity contribution in [3.05, 3.63) is 64.2 Å². The summed E-state index contributed by atoms with van der Waals surface area (Å²) in [5.74, 6) is 0.412. The first-order chi connectivity index (χ1) is 9.67. The van der Waals surface area contributed by atoms with E-state index in [1.807, 2.05) is 18.2 Å². The van der Waals surface area contributed by atoms with E-state index in [4.69, 9.17) is 22.1 Å². The number of hydrogen-bond acceptors (Lipinski definition) is 3. The third-order valence-corrected chi connectivity index (χ3v) is 3.32. The van der Waals surface area contributed by atoms with Gasteiger partial charge in [-0.05, 0) is 36.7 Å². The number of carbonyl (C=O) groups is 1. The Bertz CT molecular complexity index is 626. The quantitative estimate of drug-likeness (QED) is 0.861. The van der Waals surface area contributed by atoms with Crippen LogP contribution >= 0.6 is 11.6 Å². The zero-order chi connectivity index (χ0) is 14.5. The normalized spacial score (nSPS) is 10.3. The molecule has 4 heteroatoms. The monoisotopic (exact) mass is 289 g/mol. The SMILES string of the molecule is COc1ccc(Cl)cc1C(=O)c1ccccc1CCN. The molecule has 0 aliphatic carbocycles. The lowest BCUT2D eigenvalue weighted by Gasteiger charge is -2.11. The molecule has 2 aromatic carbocycles. The molecule has 0 heterocycles. The van der Waals surface area contributed by atoms with Crippen LogP contribution in [0.15, 0.2) is 42.5 Å². The summed E-state index contributed by atoms with van der Waals surface area (Å²) >= 11 is 5.98. The van der Waals surface area contributed by atoms with Gasteiger partial charge in [-0.15, -0.1) is 0 Å². The van der Waals surface area contributed by atoms with Gasteiger partial charge in [-0.2, -0.15) is 0 Å². The molecule has 20 heavy (non-hydrogen) atoms. The van der Waals surface area contributed by atoms with Crippen molar-refractivity contribution >= 4 is 17.4 Å². The van der Waals surface area contributed by atoms with Crippen molar-refractivity contribution < 1.29 is 9.53 Å². The minimum absolute atomic E-state index is 0.103. The molecule has 0 saturated heterocycles. The Labute approximate surface area is 123 Å². The van der Waals surface area contributed by atoms with Crippen LogP contribution < -0.4 is 10.5 Å². The van der Waals surface area contributed by atoms with Gasteiger partial charge < -0.3 is 10.5 Å².